The summed E-state index contributed by atoms with van der Waals surface area (Å²) in [5.41, 5.74) is 0.457. The van der Waals surface area contributed by atoms with E-state index in [2.05, 4.69) is 5.32 Å². The number of imide groups is 1. The Hall–Kier alpha value is -2.08. The third kappa shape index (κ3) is 2.14. The highest BCUT2D eigenvalue weighted by Gasteiger charge is 2.35. The Kier molecular flexibility index (Phi) is 3.47. The number of methoxy groups -OCH3 is 2. The Labute approximate surface area is 104 Å². The number of carbonyl (C=O) groups excluding carboxylic acids is 2. The lowest BCUT2D eigenvalue weighted by Gasteiger charge is -2.30. The molecule has 2 rings (SSSR count). The third-order valence-electron chi connectivity index (χ3n) is 2.73. The van der Waals surface area contributed by atoms with Crippen molar-refractivity contribution in [2.45, 2.75) is 6.10 Å². The Morgan fingerprint density at radius 2 is 2.11 bits per heavy atom. The molecule has 0 saturated carbocycles. The molecule has 0 aliphatic carbocycles. The molecule has 1 N–H and O–H groups in total. The molecule has 1 aromatic carbocycles. The second-order valence-corrected chi connectivity index (χ2v) is 3.79. The van der Waals surface area contributed by atoms with Crippen molar-refractivity contribution < 1.29 is 19.1 Å². The van der Waals surface area contributed by atoms with Gasteiger partial charge in [-0.1, -0.05) is 6.07 Å². The Morgan fingerprint density at radius 3 is 2.78 bits per heavy atom. The highest BCUT2D eigenvalue weighted by molar-refractivity contribution is 6.17. The van der Waals surface area contributed by atoms with E-state index in [1.807, 2.05) is 0 Å². The molecule has 1 aliphatic heterocycles. The number of nitrogens with zero attached hydrogens (tertiary/aromatic N) is 1. The lowest BCUT2D eigenvalue weighted by molar-refractivity contribution is -0.128. The van der Waals surface area contributed by atoms with Crippen molar-refractivity contribution in [3.05, 3.63) is 24.3 Å². The minimum atomic E-state index is -0.658. The summed E-state index contributed by atoms with van der Waals surface area (Å²) >= 11 is 0. The van der Waals surface area contributed by atoms with Gasteiger partial charge in [-0.3, -0.25) is 4.79 Å². The van der Waals surface area contributed by atoms with Crippen LogP contribution < -0.4 is 15.0 Å². The molecule has 1 unspecified atom stereocenters. The Bertz CT molecular complexity index is 475. The molecule has 96 valence electrons. The quantitative estimate of drug-likeness (QED) is 0.860. The summed E-state index contributed by atoms with van der Waals surface area (Å²) in [5, 5.41) is 2.60. The van der Waals surface area contributed by atoms with E-state index in [4.69, 9.17) is 9.47 Å². The van der Waals surface area contributed by atoms with Gasteiger partial charge in [0.2, 0.25) is 0 Å². The molecular weight excluding hydrogens is 236 g/mol. The maximum absolute atomic E-state index is 12.1. The molecule has 1 aliphatic rings. The average Bonchev–Trinajstić information content (AvgIpc) is 2.39. The number of carbonyl (C=O) groups is 2. The van der Waals surface area contributed by atoms with Crippen LogP contribution in [0.15, 0.2) is 24.3 Å². The molecule has 0 spiro atoms. The molecule has 1 fully saturated rings. The summed E-state index contributed by atoms with van der Waals surface area (Å²) in [6.07, 6.45) is -0.658. The highest BCUT2D eigenvalue weighted by atomic mass is 16.5. The first-order valence-corrected chi connectivity index (χ1v) is 5.46. The van der Waals surface area contributed by atoms with Gasteiger partial charge < -0.3 is 14.8 Å². The van der Waals surface area contributed by atoms with E-state index in [1.54, 1.807) is 24.3 Å². The molecule has 0 bridgehead atoms. The van der Waals surface area contributed by atoms with Crippen molar-refractivity contribution in [3.63, 3.8) is 0 Å². The third-order valence-corrected chi connectivity index (χ3v) is 2.73. The normalized spacial score (nSPS) is 19.7. The van der Waals surface area contributed by atoms with Crippen LogP contribution in [0.4, 0.5) is 10.5 Å². The van der Waals surface area contributed by atoms with Gasteiger partial charge in [-0.05, 0) is 12.1 Å². The molecule has 3 amide bonds. The van der Waals surface area contributed by atoms with E-state index in [0.717, 1.165) is 4.90 Å². The number of hydrogen-bond donors (Lipinski definition) is 1. The second kappa shape index (κ2) is 5.05. The lowest BCUT2D eigenvalue weighted by atomic mass is 10.2. The number of hydrogen-bond acceptors (Lipinski definition) is 4. The standard InChI is InChI=1S/C12H14N2O4/c1-17-9-5-3-4-8(6-9)14-11(15)10(18-2)7-13-12(14)16/h3-6,10H,7H2,1-2H3,(H,13,16). The number of amides is 3. The van der Waals surface area contributed by atoms with Crippen LogP contribution in [0.5, 0.6) is 5.75 Å². The van der Waals surface area contributed by atoms with E-state index in [9.17, 15) is 9.59 Å². The Balaban J connectivity index is 2.33. The molecule has 0 radical (unpaired) electrons. The van der Waals surface area contributed by atoms with Crippen LogP contribution in [0.1, 0.15) is 0 Å². The van der Waals surface area contributed by atoms with Gasteiger partial charge in [0.1, 0.15) is 5.75 Å². The minimum absolute atomic E-state index is 0.189. The van der Waals surface area contributed by atoms with Crippen molar-refractivity contribution in [3.8, 4) is 5.75 Å². The topological polar surface area (TPSA) is 67.9 Å². The predicted octanol–water partition coefficient (Wildman–Crippen LogP) is 0.766. The first kappa shape index (κ1) is 12.4. The molecule has 1 aromatic rings. The van der Waals surface area contributed by atoms with E-state index < -0.39 is 12.1 Å². The van der Waals surface area contributed by atoms with Gasteiger partial charge in [0.05, 0.1) is 19.3 Å². The number of benzene rings is 1. The Morgan fingerprint density at radius 1 is 1.33 bits per heavy atom. The van der Waals surface area contributed by atoms with Gasteiger partial charge in [0.15, 0.2) is 6.10 Å². The molecule has 1 saturated heterocycles. The molecule has 1 atom stereocenters. The lowest BCUT2D eigenvalue weighted by Crippen LogP contribution is -2.58. The number of rotatable bonds is 3. The zero-order valence-corrected chi connectivity index (χ0v) is 10.2. The van der Waals surface area contributed by atoms with Gasteiger partial charge in [0.25, 0.3) is 5.91 Å². The molecule has 0 aromatic heterocycles. The summed E-state index contributed by atoms with van der Waals surface area (Å²) in [7, 11) is 2.96. The maximum atomic E-state index is 12.1. The first-order valence-electron chi connectivity index (χ1n) is 5.46. The number of urea groups is 1. The van der Waals surface area contributed by atoms with Gasteiger partial charge in [0, 0.05) is 13.2 Å². The van der Waals surface area contributed by atoms with Crippen molar-refractivity contribution in [2.75, 3.05) is 25.7 Å². The second-order valence-electron chi connectivity index (χ2n) is 3.79. The van der Waals surface area contributed by atoms with Crippen LogP contribution in [-0.2, 0) is 9.53 Å². The fourth-order valence-electron chi connectivity index (χ4n) is 1.77. The number of ether oxygens (including phenoxy) is 2. The van der Waals surface area contributed by atoms with Crippen LogP contribution in [0.3, 0.4) is 0 Å². The van der Waals surface area contributed by atoms with E-state index in [1.165, 1.54) is 14.2 Å². The van der Waals surface area contributed by atoms with Gasteiger partial charge in [-0.15, -0.1) is 0 Å². The van der Waals surface area contributed by atoms with Crippen molar-refractivity contribution in [1.82, 2.24) is 5.32 Å². The van der Waals surface area contributed by atoms with Crippen LogP contribution in [0.25, 0.3) is 0 Å². The predicted molar refractivity (Wildman–Crippen MR) is 64.7 cm³/mol. The highest BCUT2D eigenvalue weighted by Crippen LogP contribution is 2.23. The average molecular weight is 250 g/mol. The molecular formula is C12H14N2O4. The summed E-state index contributed by atoms with van der Waals surface area (Å²) < 4.78 is 10.1. The zero-order chi connectivity index (χ0) is 13.1. The summed E-state index contributed by atoms with van der Waals surface area (Å²) in [5.74, 6) is 0.196. The molecule has 18 heavy (non-hydrogen) atoms. The fraction of sp³-hybridized carbons (Fsp3) is 0.333. The fourth-order valence-corrected chi connectivity index (χ4v) is 1.77. The van der Waals surface area contributed by atoms with Crippen molar-refractivity contribution >= 4 is 17.6 Å². The van der Waals surface area contributed by atoms with Crippen LogP contribution in [0.2, 0.25) is 0 Å². The van der Waals surface area contributed by atoms with E-state index >= 15 is 0 Å². The summed E-state index contributed by atoms with van der Waals surface area (Å²) in [4.78, 5) is 24.9. The SMILES string of the molecule is COc1cccc(N2C(=O)NCC(OC)C2=O)c1. The van der Waals surface area contributed by atoms with E-state index in [-0.39, 0.29) is 12.5 Å². The smallest absolute Gasteiger partial charge is 0.328 e. The maximum Gasteiger partial charge on any atom is 0.328 e. The monoisotopic (exact) mass is 250 g/mol. The zero-order valence-electron chi connectivity index (χ0n) is 10.2. The minimum Gasteiger partial charge on any atom is -0.497 e. The van der Waals surface area contributed by atoms with E-state index in [0.29, 0.717) is 11.4 Å². The van der Waals surface area contributed by atoms with Crippen molar-refractivity contribution in [2.24, 2.45) is 0 Å². The molecule has 6 nitrogen and oxygen atoms in total. The summed E-state index contributed by atoms with van der Waals surface area (Å²) in [6.45, 7) is 0.189. The van der Waals surface area contributed by atoms with Gasteiger partial charge in [-0.2, -0.15) is 0 Å². The van der Waals surface area contributed by atoms with Crippen LogP contribution >= 0.6 is 0 Å². The largest absolute Gasteiger partial charge is 0.497 e. The van der Waals surface area contributed by atoms with Gasteiger partial charge >= 0.3 is 6.03 Å². The summed E-state index contributed by atoms with van der Waals surface area (Å²) in [6, 6.07) is 6.28. The van der Waals surface area contributed by atoms with Crippen LogP contribution in [-0.4, -0.2) is 38.8 Å². The number of anilines is 1. The first-order chi connectivity index (χ1) is 8.67. The van der Waals surface area contributed by atoms with Crippen molar-refractivity contribution in [1.29, 1.82) is 0 Å². The number of nitrogens with one attached hydrogen (secondary N) is 1. The van der Waals surface area contributed by atoms with Gasteiger partial charge in [-0.25, -0.2) is 9.69 Å². The molecule has 1 heterocycles. The molecule has 6 heteroatoms. The van der Waals surface area contributed by atoms with Crippen LogP contribution in [0, 0.1) is 0 Å².